The molecule has 1 N–H and O–H groups in total. The molecule has 1 amide bonds. The van der Waals surface area contributed by atoms with Crippen LogP contribution in [0.2, 0.25) is 5.02 Å². The molecule has 0 aromatic carbocycles. The van der Waals surface area contributed by atoms with Gasteiger partial charge in [-0.05, 0) is 19.1 Å². The van der Waals surface area contributed by atoms with Gasteiger partial charge in [-0.25, -0.2) is 4.98 Å². The van der Waals surface area contributed by atoms with Crippen LogP contribution in [-0.2, 0) is 0 Å². The van der Waals surface area contributed by atoms with Gasteiger partial charge >= 0.3 is 0 Å². The Balaban J connectivity index is 2.61. The van der Waals surface area contributed by atoms with E-state index in [2.05, 4.69) is 16.9 Å². The van der Waals surface area contributed by atoms with Crippen molar-refractivity contribution < 1.29 is 4.79 Å². The van der Waals surface area contributed by atoms with Gasteiger partial charge in [0.15, 0.2) is 0 Å². The summed E-state index contributed by atoms with van der Waals surface area (Å²) in [5, 5.41) is 3.19. The number of pyridine rings is 1. The molecule has 1 aromatic rings. The summed E-state index contributed by atoms with van der Waals surface area (Å²) >= 11 is 5.64. The summed E-state index contributed by atoms with van der Waals surface area (Å²) in [5.74, 6) is -0.218. The summed E-state index contributed by atoms with van der Waals surface area (Å²) in [5.41, 5.74) is 1.25. The highest BCUT2D eigenvalue weighted by atomic mass is 35.5. The fourth-order valence-corrected chi connectivity index (χ4v) is 0.944. The van der Waals surface area contributed by atoms with Crippen LogP contribution in [0.15, 0.2) is 30.5 Å². The van der Waals surface area contributed by atoms with Crippen LogP contribution in [0.3, 0.4) is 0 Å². The molecule has 0 fully saturated rings. The lowest BCUT2D eigenvalue weighted by molar-refractivity contribution is 0.0952. The third-order valence-corrected chi connectivity index (χ3v) is 1.73. The SMILES string of the molecule is C=C(C)CNC(=O)c1ccc(Cl)cn1. The lowest BCUT2D eigenvalue weighted by Crippen LogP contribution is -2.25. The number of nitrogens with zero attached hydrogens (tertiary/aromatic N) is 1. The van der Waals surface area contributed by atoms with Gasteiger partial charge in [-0.2, -0.15) is 0 Å². The van der Waals surface area contributed by atoms with Gasteiger partial charge in [-0.3, -0.25) is 4.79 Å². The zero-order valence-corrected chi connectivity index (χ0v) is 8.64. The Morgan fingerprint density at radius 3 is 2.86 bits per heavy atom. The van der Waals surface area contributed by atoms with Crippen LogP contribution < -0.4 is 5.32 Å². The van der Waals surface area contributed by atoms with Crippen molar-refractivity contribution in [1.82, 2.24) is 10.3 Å². The molecule has 0 aliphatic rings. The minimum Gasteiger partial charge on any atom is -0.347 e. The van der Waals surface area contributed by atoms with Crippen molar-refractivity contribution in [3.63, 3.8) is 0 Å². The number of hydrogen-bond donors (Lipinski definition) is 1. The summed E-state index contributed by atoms with van der Waals surface area (Å²) in [6.45, 7) is 5.98. The van der Waals surface area contributed by atoms with E-state index in [1.807, 2.05) is 6.92 Å². The van der Waals surface area contributed by atoms with Gasteiger partial charge in [-0.15, -0.1) is 0 Å². The van der Waals surface area contributed by atoms with Crippen molar-refractivity contribution in [2.24, 2.45) is 0 Å². The van der Waals surface area contributed by atoms with E-state index in [0.29, 0.717) is 17.3 Å². The number of carbonyl (C=O) groups excluding carboxylic acids is 1. The van der Waals surface area contributed by atoms with Gasteiger partial charge in [0.1, 0.15) is 5.69 Å². The summed E-state index contributed by atoms with van der Waals surface area (Å²) in [6, 6.07) is 3.21. The maximum absolute atomic E-state index is 11.4. The molecule has 0 spiro atoms. The van der Waals surface area contributed by atoms with Gasteiger partial charge in [0.05, 0.1) is 5.02 Å². The second-order valence-electron chi connectivity index (χ2n) is 3.00. The standard InChI is InChI=1S/C10H11ClN2O/c1-7(2)5-13-10(14)9-4-3-8(11)6-12-9/h3-4,6H,1,5H2,2H3,(H,13,14). The zero-order chi connectivity index (χ0) is 10.6. The van der Waals surface area contributed by atoms with Crippen LogP contribution in [0.25, 0.3) is 0 Å². The Kier molecular flexibility index (Phi) is 3.65. The van der Waals surface area contributed by atoms with Crippen molar-refractivity contribution in [2.75, 3.05) is 6.54 Å². The van der Waals surface area contributed by atoms with Crippen molar-refractivity contribution in [3.8, 4) is 0 Å². The van der Waals surface area contributed by atoms with E-state index < -0.39 is 0 Å². The molecule has 0 bridgehead atoms. The molecule has 0 saturated carbocycles. The lowest BCUT2D eigenvalue weighted by atomic mass is 10.3. The first kappa shape index (κ1) is 10.7. The summed E-state index contributed by atoms with van der Waals surface area (Å²) < 4.78 is 0. The van der Waals surface area contributed by atoms with E-state index in [4.69, 9.17) is 11.6 Å². The van der Waals surface area contributed by atoms with Crippen LogP contribution in [0.4, 0.5) is 0 Å². The fourth-order valence-electron chi connectivity index (χ4n) is 0.832. The van der Waals surface area contributed by atoms with Crippen molar-refractivity contribution >= 4 is 17.5 Å². The number of nitrogens with one attached hydrogen (secondary N) is 1. The van der Waals surface area contributed by atoms with Gasteiger partial charge in [0.2, 0.25) is 0 Å². The van der Waals surface area contributed by atoms with Crippen molar-refractivity contribution in [3.05, 3.63) is 41.2 Å². The Morgan fingerprint density at radius 1 is 1.64 bits per heavy atom. The minimum atomic E-state index is -0.218. The number of rotatable bonds is 3. The number of carbonyl (C=O) groups is 1. The third kappa shape index (κ3) is 3.18. The number of aromatic nitrogens is 1. The molecule has 0 radical (unpaired) electrons. The van der Waals surface area contributed by atoms with E-state index in [1.165, 1.54) is 6.20 Å². The molecular formula is C10H11ClN2O. The lowest BCUT2D eigenvalue weighted by Gasteiger charge is -2.03. The Bertz CT molecular complexity index is 346. The molecular weight excluding hydrogens is 200 g/mol. The van der Waals surface area contributed by atoms with Crippen LogP contribution in [0, 0.1) is 0 Å². The molecule has 14 heavy (non-hydrogen) atoms. The minimum absolute atomic E-state index is 0.218. The molecule has 74 valence electrons. The third-order valence-electron chi connectivity index (χ3n) is 1.51. The molecule has 0 atom stereocenters. The highest BCUT2D eigenvalue weighted by Crippen LogP contribution is 2.05. The van der Waals surface area contributed by atoms with Crippen LogP contribution in [0.5, 0.6) is 0 Å². The average Bonchev–Trinajstić information content (AvgIpc) is 2.15. The Hall–Kier alpha value is -1.35. The van der Waals surface area contributed by atoms with E-state index >= 15 is 0 Å². The monoisotopic (exact) mass is 210 g/mol. The second kappa shape index (κ2) is 4.77. The molecule has 0 saturated heterocycles. The van der Waals surface area contributed by atoms with Crippen LogP contribution >= 0.6 is 11.6 Å². The second-order valence-corrected chi connectivity index (χ2v) is 3.44. The van der Waals surface area contributed by atoms with E-state index in [9.17, 15) is 4.79 Å². The topological polar surface area (TPSA) is 42.0 Å². The van der Waals surface area contributed by atoms with Gasteiger partial charge < -0.3 is 5.32 Å². The van der Waals surface area contributed by atoms with Crippen molar-refractivity contribution in [2.45, 2.75) is 6.92 Å². The number of hydrogen-bond acceptors (Lipinski definition) is 2. The molecule has 4 heteroatoms. The van der Waals surface area contributed by atoms with Crippen molar-refractivity contribution in [1.29, 1.82) is 0 Å². The molecule has 3 nitrogen and oxygen atoms in total. The summed E-state index contributed by atoms with van der Waals surface area (Å²) in [4.78, 5) is 15.3. The molecule has 0 aliphatic carbocycles. The fraction of sp³-hybridized carbons (Fsp3) is 0.200. The number of halogens is 1. The normalized spacial score (nSPS) is 9.57. The molecule has 1 heterocycles. The first-order chi connectivity index (χ1) is 6.59. The maximum atomic E-state index is 11.4. The molecule has 1 aromatic heterocycles. The predicted molar refractivity (Wildman–Crippen MR) is 56.4 cm³/mol. The largest absolute Gasteiger partial charge is 0.347 e. The highest BCUT2D eigenvalue weighted by molar-refractivity contribution is 6.30. The molecule has 0 unspecified atom stereocenters. The van der Waals surface area contributed by atoms with Gasteiger partial charge in [0.25, 0.3) is 5.91 Å². The first-order valence-electron chi connectivity index (χ1n) is 4.13. The highest BCUT2D eigenvalue weighted by Gasteiger charge is 2.05. The summed E-state index contributed by atoms with van der Waals surface area (Å²) in [7, 11) is 0. The van der Waals surface area contributed by atoms with Gasteiger partial charge in [0, 0.05) is 12.7 Å². The smallest absolute Gasteiger partial charge is 0.270 e. The number of amides is 1. The summed E-state index contributed by atoms with van der Waals surface area (Å²) in [6.07, 6.45) is 1.44. The molecule has 1 rings (SSSR count). The van der Waals surface area contributed by atoms with Crippen LogP contribution in [0.1, 0.15) is 17.4 Å². The van der Waals surface area contributed by atoms with E-state index in [1.54, 1.807) is 12.1 Å². The average molecular weight is 211 g/mol. The van der Waals surface area contributed by atoms with E-state index in [-0.39, 0.29) is 5.91 Å². The van der Waals surface area contributed by atoms with E-state index in [0.717, 1.165) is 5.57 Å². The quantitative estimate of drug-likeness (QED) is 0.776. The Morgan fingerprint density at radius 2 is 2.36 bits per heavy atom. The Labute approximate surface area is 87.8 Å². The first-order valence-corrected chi connectivity index (χ1v) is 4.51. The van der Waals surface area contributed by atoms with Gasteiger partial charge in [-0.1, -0.05) is 23.8 Å². The maximum Gasteiger partial charge on any atom is 0.270 e. The van der Waals surface area contributed by atoms with Crippen LogP contribution in [-0.4, -0.2) is 17.4 Å². The zero-order valence-electron chi connectivity index (χ0n) is 7.88. The predicted octanol–water partition coefficient (Wildman–Crippen LogP) is 2.04. The molecule has 0 aliphatic heterocycles.